The normalized spacial score (nSPS) is 14.0. The molecular formula is C41H71NO3. The molecule has 0 heterocycles. The molecule has 0 spiro atoms. The van der Waals surface area contributed by atoms with E-state index in [0.29, 0.717) is 6.42 Å². The molecule has 0 aromatic heterocycles. The highest BCUT2D eigenvalue weighted by Gasteiger charge is 2.17. The molecule has 0 radical (unpaired) electrons. The van der Waals surface area contributed by atoms with Gasteiger partial charge in [0.2, 0.25) is 5.91 Å². The maximum absolute atomic E-state index is 12.3. The van der Waals surface area contributed by atoms with Crippen LogP contribution in [0.4, 0.5) is 0 Å². The van der Waals surface area contributed by atoms with Crippen molar-refractivity contribution in [3.63, 3.8) is 0 Å². The molecule has 258 valence electrons. The lowest BCUT2D eigenvalue weighted by molar-refractivity contribution is -0.123. The quantitative estimate of drug-likeness (QED) is 0.0514. The zero-order valence-corrected chi connectivity index (χ0v) is 29.4. The van der Waals surface area contributed by atoms with Gasteiger partial charge in [-0.1, -0.05) is 164 Å². The van der Waals surface area contributed by atoms with Crippen molar-refractivity contribution in [3.8, 4) is 0 Å². The predicted molar refractivity (Wildman–Crippen MR) is 197 cm³/mol. The van der Waals surface area contributed by atoms with Crippen LogP contribution in [0.2, 0.25) is 0 Å². The first kappa shape index (κ1) is 42.8. The minimum Gasteiger partial charge on any atom is -0.394 e. The molecule has 4 nitrogen and oxygen atoms in total. The van der Waals surface area contributed by atoms with Crippen LogP contribution in [0.25, 0.3) is 0 Å². The summed E-state index contributed by atoms with van der Waals surface area (Å²) < 4.78 is 0. The van der Waals surface area contributed by atoms with Crippen molar-refractivity contribution in [1.29, 1.82) is 0 Å². The maximum Gasteiger partial charge on any atom is 0.220 e. The molecule has 0 aliphatic heterocycles. The first-order valence-electron chi connectivity index (χ1n) is 18.7. The van der Waals surface area contributed by atoms with Crippen molar-refractivity contribution in [3.05, 3.63) is 72.9 Å². The van der Waals surface area contributed by atoms with Crippen LogP contribution >= 0.6 is 0 Å². The number of hydrogen-bond donors (Lipinski definition) is 3. The number of unbranched alkanes of at least 4 members (excludes halogenated alkanes) is 15. The first-order chi connectivity index (χ1) is 22.2. The molecule has 0 bridgehead atoms. The van der Waals surface area contributed by atoms with E-state index in [-0.39, 0.29) is 12.5 Å². The highest BCUT2D eigenvalue weighted by Crippen LogP contribution is 2.13. The zero-order chi connectivity index (χ0) is 32.9. The fraction of sp³-hybridized carbons (Fsp3) is 0.683. The average Bonchev–Trinajstić information content (AvgIpc) is 3.04. The fourth-order valence-corrected chi connectivity index (χ4v) is 5.05. The molecule has 0 fully saturated rings. The highest BCUT2D eigenvalue weighted by atomic mass is 16.3. The molecule has 2 unspecified atom stereocenters. The average molecular weight is 626 g/mol. The third-order valence-corrected chi connectivity index (χ3v) is 7.92. The number of amides is 1. The van der Waals surface area contributed by atoms with Crippen molar-refractivity contribution < 1.29 is 15.0 Å². The summed E-state index contributed by atoms with van der Waals surface area (Å²) in [4.78, 5) is 12.3. The molecule has 4 heteroatoms. The summed E-state index contributed by atoms with van der Waals surface area (Å²) in [6.45, 7) is 4.09. The van der Waals surface area contributed by atoms with E-state index in [2.05, 4.69) is 79.9 Å². The summed E-state index contributed by atoms with van der Waals surface area (Å²) in [5.74, 6) is -0.0844. The van der Waals surface area contributed by atoms with Crippen LogP contribution in [0.15, 0.2) is 72.9 Å². The Balaban J connectivity index is 3.56. The number of hydrogen-bond acceptors (Lipinski definition) is 3. The van der Waals surface area contributed by atoms with Gasteiger partial charge in [0.1, 0.15) is 0 Å². The van der Waals surface area contributed by atoms with Gasteiger partial charge < -0.3 is 15.5 Å². The van der Waals surface area contributed by atoms with Crippen LogP contribution in [0.1, 0.15) is 162 Å². The van der Waals surface area contributed by atoms with Gasteiger partial charge in [0.05, 0.1) is 18.8 Å². The second kappa shape index (κ2) is 36.3. The standard InChI is InChI=1S/C41H71NO3/c1-3-5-7-9-11-13-14-15-16-17-18-19-20-21-22-23-24-25-26-27-28-29-31-33-35-37-41(45)42-39(38-43)40(44)36-34-32-30-12-10-8-6-4-2/h5,7,10-13,15-16,18-19,34,36,39-40,43-44H,3-4,6,8-9,14,17,20-33,35,37-38H2,1-2H3,(H,42,45)/b7-5-,12-10+,13-11-,16-15-,19-18-,36-34+. The van der Waals surface area contributed by atoms with Crippen LogP contribution in [0.3, 0.4) is 0 Å². The summed E-state index contributed by atoms with van der Waals surface area (Å²) in [6, 6.07) is -0.640. The first-order valence-corrected chi connectivity index (χ1v) is 18.7. The second-order valence-electron chi connectivity index (χ2n) is 12.2. The second-order valence-corrected chi connectivity index (χ2v) is 12.2. The largest absolute Gasteiger partial charge is 0.394 e. The maximum atomic E-state index is 12.3. The van der Waals surface area contributed by atoms with E-state index in [9.17, 15) is 15.0 Å². The van der Waals surface area contributed by atoms with Crippen molar-refractivity contribution in [1.82, 2.24) is 5.32 Å². The van der Waals surface area contributed by atoms with Gasteiger partial charge in [0, 0.05) is 6.42 Å². The minimum atomic E-state index is -0.862. The molecule has 0 saturated heterocycles. The lowest BCUT2D eigenvalue weighted by Gasteiger charge is -2.19. The lowest BCUT2D eigenvalue weighted by atomic mass is 10.0. The molecule has 0 aliphatic rings. The number of carbonyl (C=O) groups is 1. The Bertz CT molecular complexity index is 808. The van der Waals surface area contributed by atoms with Crippen LogP contribution in [-0.4, -0.2) is 34.9 Å². The fourth-order valence-electron chi connectivity index (χ4n) is 5.05. The van der Waals surface area contributed by atoms with Crippen LogP contribution < -0.4 is 5.32 Å². The molecule has 45 heavy (non-hydrogen) atoms. The van der Waals surface area contributed by atoms with Crippen LogP contribution in [0.5, 0.6) is 0 Å². The summed E-state index contributed by atoms with van der Waals surface area (Å²) in [5, 5.41) is 22.7. The Hall–Kier alpha value is -2.17. The summed E-state index contributed by atoms with van der Waals surface area (Å²) in [5.41, 5.74) is 0. The van der Waals surface area contributed by atoms with Gasteiger partial charge in [-0.3, -0.25) is 4.79 Å². The zero-order valence-electron chi connectivity index (χ0n) is 29.4. The monoisotopic (exact) mass is 626 g/mol. The third kappa shape index (κ3) is 33.0. The molecule has 0 rings (SSSR count). The molecule has 0 aromatic carbocycles. The summed E-state index contributed by atoms with van der Waals surface area (Å²) in [7, 11) is 0. The third-order valence-electron chi connectivity index (χ3n) is 7.92. The number of carbonyl (C=O) groups excluding carboxylic acids is 1. The molecule has 1 amide bonds. The number of aliphatic hydroxyl groups excluding tert-OH is 2. The Morgan fingerprint density at radius 1 is 0.556 bits per heavy atom. The van der Waals surface area contributed by atoms with E-state index in [0.717, 1.165) is 57.8 Å². The van der Waals surface area contributed by atoms with Gasteiger partial charge in [0.15, 0.2) is 0 Å². The molecule has 0 aromatic rings. The van der Waals surface area contributed by atoms with Gasteiger partial charge in [-0.05, 0) is 64.2 Å². The Labute approximate surface area is 278 Å². The van der Waals surface area contributed by atoms with E-state index < -0.39 is 12.1 Å². The molecule has 0 aliphatic carbocycles. The van der Waals surface area contributed by atoms with E-state index in [1.165, 1.54) is 83.5 Å². The van der Waals surface area contributed by atoms with Crippen molar-refractivity contribution >= 4 is 5.91 Å². The van der Waals surface area contributed by atoms with Crippen molar-refractivity contribution in [2.45, 2.75) is 174 Å². The van der Waals surface area contributed by atoms with Crippen LogP contribution in [-0.2, 0) is 4.79 Å². The van der Waals surface area contributed by atoms with E-state index in [1.54, 1.807) is 6.08 Å². The smallest absolute Gasteiger partial charge is 0.220 e. The van der Waals surface area contributed by atoms with Crippen molar-refractivity contribution in [2.75, 3.05) is 6.61 Å². The molecule has 3 N–H and O–H groups in total. The Kier molecular flexibility index (Phi) is 34.5. The molecular weight excluding hydrogens is 554 g/mol. The van der Waals surface area contributed by atoms with Gasteiger partial charge in [-0.25, -0.2) is 0 Å². The Morgan fingerprint density at radius 3 is 1.56 bits per heavy atom. The van der Waals surface area contributed by atoms with Gasteiger partial charge >= 0.3 is 0 Å². The number of allylic oxidation sites excluding steroid dienone is 11. The molecule has 0 saturated carbocycles. The summed E-state index contributed by atoms with van der Waals surface area (Å²) in [6.07, 6.45) is 51.5. The topological polar surface area (TPSA) is 69.6 Å². The number of rotatable bonds is 32. The van der Waals surface area contributed by atoms with Crippen molar-refractivity contribution in [2.24, 2.45) is 0 Å². The van der Waals surface area contributed by atoms with Crippen LogP contribution in [0, 0.1) is 0 Å². The summed E-state index contributed by atoms with van der Waals surface area (Å²) >= 11 is 0. The van der Waals surface area contributed by atoms with E-state index in [4.69, 9.17) is 0 Å². The predicted octanol–water partition coefficient (Wildman–Crippen LogP) is 11.2. The van der Waals surface area contributed by atoms with Gasteiger partial charge in [-0.15, -0.1) is 0 Å². The lowest BCUT2D eigenvalue weighted by Crippen LogP contribution is -2.45. The Morgan fingerprint density at radius 2 is 1.00 bits per heavy atom. The van der Waals surface area contributed by atoms with E-state index >= 15 is 0 Å². The number of aliphatic hydroxyl groups is 2. The van der Waals surface area contributed by atoms with E-state index in [1.807, 2.05) is 6.08 Å². The molecule has 2 atom stereocenters. The SMILES string of the molecule is CC/C=C\C/C=C\C/C=C\C/C=C\CCCCCCCCCCCCCCC(=O)NC(CO)C(O)/C=C/CC/C=C/CCCC. The van der Waals surface area contributed by atoms with Gasteiger partial charge in [0.25, 0.3) is 0 Å². The minimum absolute atomic E-state index is 0.0844. The highest BCUT2D eigenvalue weighted by molar-refractivity contribution is 5.76. The van der Waals surface area contributed by atoms with Gasteiger partial charge in [-0.2, -0.15) is 0 Å². The number of nitrogens with one attached hydrogen (secondary N) is 1.